The van der Waals surface area contributed by atoms with Crippen molar-refractivity contribution in [2.75, 3.05) is 23.7 Å². The Labute approximate surface area is 399 Å². The van der Waals surface area contributed by atoms with E-state index in [1.165, 1.54) is 6.08 Å². The highest BCUT2D eigenvalue weighted by atomic mass is 16.4. The number of Topliss-reactive ketones (excluding diaryl/α,β-unsaturated/α-hetero) is 2. The van der Waals surface area contributed by atoms with Gasteiger partial charge in [0.05, 0.1) is 6.04 Å². The number of rotatable bonds is 31. The molecule has 0 spiro atoms. The number of carbonyl (C=O) groups is 9. The topological polar surface area (TPSA) is 352 Å². The number of unbranched alkanes of at least 4 members (excludes halogenated alkanes) is 1. The summed E-state index contributed by atoms with van der Waals surface area (Å²) >= 11 is 0. The third-order valence-electron chi connectivity index (χ3n) is 10.7. The number of nitrogens with two attached hydrogens (primary N) is 2. The molecule has 0 aliphatic rings. The number of para-hydroxylation sites is 1. The van der Waals surface area contributed by atoms with Crippen LogP contribution in [-0.4, -0.2) is 105 Å². The number of amides is 5. The third-order valence-corrected chi connectivity index (χ3v) is 10.7. The van der Waals surface area contributed by atoms with E-state index in [1.54, 1.807) is 67.0 Å². The molecule has 3 aromatic rings. The Morgan fingerprint density at radius 3 is 2.03 bits per heavy atom. The zero-order valence-electron chi connectivity index (χ0n) is 38.4. The number of carbonyl (C=O) groups excluding carboxylic acids is 6. The van der Waals surface area contributed by atoms with Crippen molar-refractivity contribution in [3.63, 3.8) is 0 Å². The number of carboxylic acid groups (broad SMARTS) is 3. The molecule has 0 radical (unpaired) electrons. The summed E-state index contributed by atoms with van der Waals surface area (Å²) in [6.07, 6.45) is 3.96. The molecule has 69 heavy (non-hydrogen) atoms. The maximum Gasteiger partial charge on any atom is 0.326 e. The molecule has 0 unspecified atom stereocenters. The summed E-state index contributed by atoms with van der Waals surface area (Å²) in [6.45, 7) is 2.14. The van der Waals surface area contributed by atoms with Crippen molar-refractivity contribution in [2.45, 2.75) is 96.1 Å². The number of pyridine rings is 1. The van der Waals surface area contributed by atoms with Gasteiger partial charge in [-0.15, -0.1) is 0 Å². The molecule has 21 nitrogen and oxygen atoms in total. The lowest BCUT2D eigenvalue weighted by Crippen LogP contribution is -2.47. The quantitative estimate of drug-likeness (QED) is 0.0191. The number of urea groups is 1. The molecule has 1 heterocycles. The van der Waals surface area contributed by atoms with Crippen LogP contribution in [-0.2, 0) is 44.8 Å². The molecule has 21 heteroatoms. The second-order valence-corrected chi connectivity index (χ2v) is 16.3. The highest BCUT2D eigenvalue weighted by Gasteiger charge is 2.32. The fourth-order valence-corrected chi connectivity index (χ4v) is 6.97. The fourth-order valence-electron chi connectivity index (χ4n) is 6.97. The minimum Gasteiger partial charge on any atom is -0.481 e. The van der Waals surface area contributed by atoms with Crippen LogP contribution < -0.4 is 38.1 Å². The SMILES string of the molecule is Cc1ccccc1NC(=O)Nc1ccc(CC(=O)C[C@@H](CCCCNC(=O)/C=C/c2cccnc2)C(=O)N[C@@H](CCC(=O)O)C(=O)C[C@@H](CCC(=O)O)C(=O)N[C@@H](CCCN=C(N)N)C(=O)O)cc1. The number of aryl methyl sites for hydroxylation is 1. The second-order valence-electron chi connectivity index (χ2n) is 16.3. The Morgan fingerprint density at radius 2 is 1.39 bits per heavy atom. The van der Waals surface area contributed by atoms with Crippen LogP contribution in [0.4, 0.5) is 16.2 Å². The molecule has 1 aromatic heterocycles. The number of aliphatic carboxylic acids is 3. The average molecular weight is 956 g/mol. The van der Waals surface area contributed by atoms with E-state index < -0.39 is 97.6 Å². The monoisotopic (exact) mass is 955 g/mol. The van der Waals surface area contributed by atoms with E-state index in [-0.39, 0.29) is 62.8 Å². The molecule has 0 aliphatic carbocycles. The zero-order chi connectivity index (χ0) is 50.7. The molecule has 370 valence electrons. The Morgan fingerprint density at radius 1 is 0.725 bits per heavy atom. The van der Waals surface area contributed by atoms with E-state index >= 15 is 0 Å². The lowest BCUT2D eigenvalue weighted by molar-refractivity contribution is -0.143. The van der Waals surface area contributed by atoms with Gasteiger partial charge in [0.25, 0.3) is 0 Å². The first-order valence-electron chi connectivity index (χ1n) is 22.4. The van der Waals surface area contributed by atoms with E-state index in [1.807, 2.05) is 19.1 Å². The number of ketones is 2. The van der Waals surface area contributed by atoms with Crippen LogP contribution in [0.5, 0.6) is 0 Å². The van der Waals surface area contributed by atoms with Gasteiger partial charge in [0, 0.05) is 86.9 Å². The van der Waals surface area contributed by atoms with Gasteiger partial charge in [0.1, 0.15) is 11.8 Å². The van der Waals surface area contributed by atoms with Crippen molar-refractivity contribution in [1.29, 1.82) is 0 Å². The molecule has 3 rings (SSSR count). The first-order chi connectivity index (χ1) is 32.9. The smallest absolute Gasteiger partial charge is 0.326 e. The summed E-state index contributed by atoms with van der Waals surface area (Å²) in [5, 5.41) is 41.8. The molecular formula is C48H61N9O12. The number of carboxylic acids is 3. The number of nitrogens with one attached hydrogen (secondary N) is 5. The van der Waals surface area contributed by atoms with Gasteiger partial charge in [-0.3, -0.25) is 43.5 Å². The van der Waals surface area contributed by atoms with Gasteiger partial charge in [0.15, 0.2) is 11.7 Å². The first-order valence-corrected chi connectivity index (χ1v) is 22.4. The van der Waals surface area contributed by atoms with Crippen molar-refractivity contribution >= 4 is 76.6 Å². The van der Waals surface area contributed by atoms with Gasteiger partial charge in [-0.1, -0.05) is 42.8 Å². The van der Waals surface area contributed by atoms with E-state index in [0.717, 1.165) is 11.1 Å². The van der Waals surface area contributed by atoms with Gasteiger partial charge in [-0.2, -0.15) is 0 Å². The highest BCUT2D eigenvalue weighted by Crippen LogP contribution is 2.21. The summed E-state index contributed by atoms with van der Waals surface area (Å²) in [7, 11) is 0. The minimum absolute atomic E-state index is 0.0594. The van der Waals surface area contributed by atoms with Gasteiger partial charge in [-0.05, 0) is 92.5 Å². The third kappa shape index (κ3) is 22.4. The maximum absolute atomic E-state index is 14.1. The number of aliphatic imine (C=N–C) groups is 1. The average Bonchev–Trinajstić information content (AvgIpc) is 3.30. The number of hydrogen-bond acceptors (Lipinski definition) is 11. The molecule has 0 bridgehead atoms. The van der Waals surface area contributed by atoms with Crippen LogP contribution >= 0.6 is 0 Å². The Balaban J connectivity index is 1.76. The van der Waals surface area contributed by atoms with Crippen molar-refractivity contribution in [3.8, 4) is 0 Å². The maximum atomic E-state index is 14.1. The number of hydrogen-bond donors (Lipinski definition) is 10. The predicted molar refractivity (Wildman–Crippen MR) is 255 cm³/mol. The van der Waals surface area contributed by atoms with Gasteiger partial charge < -0.3 is 53.4 Å². The van der Waals surface area contributed by atoms with Crippen LogP contribution in [0, 0.1) is 18.8 Å². The minimum atomic E-state index is -1.49. The summed E-state index contributed by atoms with van der Waals surface area (Å²) < 4.78 is 0. The number of benzene rings is 2. The molecule has 0 saturated heterocycles. The van der Waals surface area contributed by atoms with E-state index in [2.05, 4.69) is 36.6 Å². The summed E-state index contributed by atoms with van der Waals surface area (Å²) in [4.78, 5) is 123. The number of aromatic nitrogens is 1. The Hall–Kier alpha value is -7.97. The van der Waals surface area contributed by atoms with Gasteiger partial charge in [-0.25, -0.2) is 9.59 Å². The van der Waals surface area contributed by atoms with Crippen LogP contribution in [0.15, 0.2) is 84.1 Å². The Kier molecular flexibility index (Phi) is 23.8. The van der Waals surface area contributed by atoms with Gasteiger partial charge >= 0.3 is 23.9 Å². The van der Waals surface area contributed by atoms with Crippen molar-refractivity contribution in [1.82, 2.24) is 20.9 Å². The van der Waals surface area contributed by atoms with Crippen LogP contribution in [0.3, 0.4) is 0 Å². The summed E-state index contributed by atoms with van der Waals surface area (Å²) in [6, 6.07) is 13.9. The zero-order valence-corrected chi connectivity index (χ0v) is 38.4. The van der Waals surface area contributed by atoms with Crippen molar-refractivity contribution in [3.05, 3.63) is 95.8 Å². The number of nitrogens with zero attached hydrogens (tertiary/aromatic N) is 2. The molecule has 0 fully saturated rings. The van der Waals surface area contributed by atoms with Crippen LogP contribution in [0.25, 0.3) is 6.08 Å². The largest absolute Gasteiger partial charge is 0.481 e. The fraction of sp³-hybridized carbons (Fsp3) is 0.396. The second kappa shape index (κ2) is 29.6. The van der Waals surface area contributed by atoms with E-state index in [4.69, 9.17) is 11.5 Å². The summed E-state index contributed by atoms with van der Waals surface area (Å²) in [5.41, 5.74) is 13.9. The predicted octanol–water partition coefficient (Wildman–Crippen LogP) is 3.56. The van der Waals surface area contributed by atoms with E-state index in [0.29, 0.717) is 29.8 Å². The van der Waals surface area contributed by atoms with Crippen LogP contribution in [0.1, 0.15) is 87.3 Å². The highest BCUT2D eigenvalue weighted by molar-refractivity contribution is 6.00. The lowest BCUT2D eigenvalue weighted by atomic mass is 9.89. The normalized spacial score (nSPS) is 12.6. The molecule has 2 aromatic carbocycles. The van der Waals surface area contributed by atoms with Crippen molar-refractivity contribution in [2.24, 2.45) is 28.3 Å². The molecule has 4 atom stereocenters. The molecular weight excluding hydrogens is 895 g/mol. The number of guanidine groups is 1. The van der Waals surface area contributed by atoms with E-state index in [9.17, 15) is 58.5 Å². The Bertz CT molecular complexity index is 2300. The summed E-state index contributed by atoms with van der Waals surface area (Å²) in [5.74, 6) is -9.88. The molecule has 5 amide bonds. The standard InChI is InChI=1S/C48H61N9O12/c1-30-8-2-3-11-37(30)57-48(69)54-35-17-13-31(14-18-35)26-36(58)27-33(10-4-5-24-52-41(60)20-15-32-9-6-23-51-29-32)44(65)55-38(19-22-43(63)64)40(59)28-34(16-21-42(61)62)45(66)56-39(46(67)68)12-7-25-53-47(49)50/h2-3,6,8-9,11,13-15,17-18,20,23,29,33-34,38-39H,4-5,7,10,12,16,19,21-22,24-28H2,1H3,(H,52,60)(H,55,65)(H,56,66)(H,61,62)(H,63,64)(H,67,68)(H4,49,50,53)(H2,54,57,69)/b20-15+/t33-,34-,38+,39+/m1/s1. The first kappa shape index (κ1) is 55.4. The molecule has 0 saturated carbocycles. The van der Waals surface area contributed by atoms with Gasteiger partial charge in [0.2, 0.25) is 17.7 Å². The molecule has 12 N–H and O–H groups in total. The molecule has 0 aliphatic heterocycles. The lowest BCUT2D eigenvalue weighted by Gasteiger charge is -2.24. The van der Waals surface area contributed by atoms with Crippen molar-refractivity contribution < 1.29 is 58.5 Å². The van der Waals surface area contributed by atoms with Crippen LogP contribution in [0.2, 0.25) is 0 Å². The number of anilines is 2.